The molecule has 1 saturated heterocycles. The van der Waals surface area contributed by atoms with Crippen molar-refractivity contribution in [3.05, 3.63) is 64.7 Å². The first-order valence-electron chi connectivity index (χ1n) is 10.1. The lowest BCUT2D eigenvalue weighted by Gasteiger charge is -2.22. The number of ether oxygens (including phenoxy) is 1. The van der Waals surface area contributed by atoms with Crippen molar-refractivity contribution < 1.29 is 14.3 Å². The maximum absolute atomic E-state index is 12.7. The molecule has 5 nitrogen and oxygen atoms in total. The van der Waals surface area contributed by atoms with E-state index in [-0.39, 0.29) is 18.4 Å². The van der Waals surface area contributed by atoms with Gasteiger partial charge in [-0.25, -0.2) is 0 Å². The van der Waals surface area contributed by atoms with Gasteiger partial charge >= 0.3 is 0 Å². The van der Waals surface area contributed by atoms with E-state index in [1.165, 1.54) is 5.56 Å². The predicted octanol–water partition coefficient (Wildman–Crippen LogP) is 4.05. The lowest BCUT2D eigenvalue weighted by Crippen LogP contribution is -2.39. The third kappa shape index (κ3) is 5.73. The average Bonchev–Trinajstić information content (AvgIpc) is 2.99. The molecule has 6 heteroatoms. The van der Waals surface area contributed by atoms with Crippen molar-refractivity contribution in [3.63, 3.8) is 0 Å². The zero-order chi connectivity index (χ0) is 20.6. The van der Waals surface area contributed by atoms with Gasteiger partial charge in [-0.3, -0.25) is 9.59 Å². The van der Waals surface area contributed by atoms with Gasteiger partial charge < -0.3 is 14.5 Å². The number of rotatable bonds is 6. The molecule has 2 aromatic carbocycles. The van der Waals surface area contributed by atoms with E-state index in [0.29, 0.717) is 42.5 Å². The zero-order valence-corrected chi connectivity index (χ0v) is 17.5. The molecule has 1 fully saturated rings. The summed E-state index contributed by atoms with van der Waals surface area (Å²) in [5.74, 6) is 0.548. The first kappa shape index (κ1) is 21.2. The van der Waals surface area contributed by atoms with E-state index in [2.05, 4.69) is 6.92 Å². The van der Waals surface area contributed by atoms with Crippen molar-refractivity contribution in [2.45, 2.75) is 26.2 Å². The number of amides is 2. The molecule has 1 aliphatic rings. The molecule has 3 rings (SSSR count). The standard InChI is InChI=1S/C23H27ClN2O3/c1-2-6-18-9-11-19(12-10-18)29-17-22(27)25-13-5-14-26(16-15-25)23(28)20-7-3-4-8-21(20)24/h3-4,7-12H,2,5-6,13-17H2,1H3. The van der Waals surface area contributed by atoms with Crippen molar-refractivity contribution >= 4 is 23.4 Å². The molecule has 1 heterocycles. The van der Waals surface area contributed by atoms with Crippen molar-refractivity contribution in [2.75, 3.05) is 32.8 Å². The van der Waals surface area contributed by atoms with Gasteiger partial charge in [0.25, 0.3) is 11.8 Å². The summed E-state index contributed by atoms with van der Waals surface area (Å²) < 4.78 is 5.67. The van der Waals surface area contributed by atoms with Crippen molar-refractivity contribution in [2.24, 2.45) is 0 Å². The van der Waals surface area contributed by atoms with Crippen LogP contribution in [-0.2, 0) is 11.2 Å². The van der Waals surface area contributed by atoms with E-state index in [1.807, 2.05) is 24.3 Å². The van der Waals surface area contributed by atoms with E-state index in [9.17, 15) is 9.59 Å². The normalized spacial score (nSPS) is 14.4. The van der Waals surface area contributed by atoms with Gasteiger partial charge in [-0.1, -0.05) is 49.2 Å². The zero-order valence-electron chi connectivity index (χ0n) is 16.8. The molecule has 0 atom stereocenters. The fourth-order valence-corrected chi connectivity index (χ4v) is 3.67. The topological polar surface area (TPSA) is 49.9 Å². The fourth-order valence-electron chi connectivity index (χ4n) is 3.45. The van der Waals surface area contributed by atoms with Crippen molar-refractivity contribution in [3.8, 4) is 5.75 Å². The third-order valence-electron chi connectivity index (χ3n) is 5.06. The second-order valence-corrected chi connectivity index (χ2v) is 7.60. The summed E-state index contributed by atoms with van der Waals surface area (Å²) in [6.07, 6.45) is 2.87. The van der Waals surface area contributed by atoms with Gasteiger partial charge in [0.1, 0.15) is 5.75 Å². The molecule has 1 aliphatic heterocycles. The Morgan fingerprint density at radius 2 is 1.66 bits per heavy atom. The molecule has 0 radical (unpaired) electrons. The molecular formula is C23H27ClN2O3. The highest BCUT2D eigenvalue weighted by molar-refractivity contribution is 6.33. The van der Waals surface area contributed by atoms with Gasteiger partial charge in [0.15, 0.2) is 6.61 Å². The minimum atomic E-state index is -0.0895. The Balaban J connectivity index is 1.51. The Labute approximate surface area is 177 Å². The summed E-state index contributed by atoms with van der Waals surface area (Å²) in [7, 11) is 0. The lowest BCUT2D eigenvalue weighted by molar-refractivity contribution is -0.133. The molecule has 0 aliphatic carbocycles. The highest BCUT2D eigenvalue weighted by atomic mass is 35.5. The smallest absolute Gasteiger partial charge is 0.260 e. The van der Waals surface area contributed by atoms with Crippen LogP contribution in [0.25, 0.3) is 0 Å². The third-order valence-corrected chi connectivity index (χ3v) is 5.39. The first-order chi connectivity index (χ1) is 14.1. The Morgan fingerprint density at radius 1 is 0.966 bits per heavy atom. The van der Waals surface area contributed by atoms with Gasteiger partial charge in [0, 0.05) is 26.2 Å². The lowest BCUT2D eigenvalue weighted by atomic mass is 10.1. The van der Waals surface area contributed by atoms with Crippen LogP contribution in [0.2, 0.25) is 5.02 Å². The van der Waals surface area contributed by atoms with Crippen molar-refractivity contribution in [1.29, 1.82) is 0 Å². The molecule has 2 amide bonds. The van der Waals surface area contributed by atoms with Gasteiger partial charge in [-0.05, 0) is 42.7 Å². The minimum absolute atomic E-state index is 0.00554. The van der Waals surface area contributed by atoms with E-state index in [4.69, 9.17) is 16.3 Å². The van der Waals surface area contributed by atoms with Crippen LogP contribution in [0.15, 0.2) is 48.5 Å². The number of hydrogen-bond acceptors (Lipinski definition) is 3. The van der Waals surface area contributed by atoms with Crippen LogP contribution < -0.4 is 4.74 Å². The molecule has 0 spiro atoms. The molecule has 29 heavy (non-hydrogen) atoms. The number of halogens is 1. The maximum Gasteiger partial charge on any atom is 0.260 e. The molecule has 0 aromatic heterocycles. The van der Waals surface area contributed by atoms with Crippen LogP contribution in [0, 0.1) is 0 Å². The Hall–Kier alpha value is -2.53. The summed E-state index contributed by atoms with van der Waals surface area (Å²) in [5, 5.41) is 0.452. The molecule has 2 aromatic rings. The molecule has 0 saturated carbocycles. The van der Waals surface area contributed by atoms with Crippen LogP contribution in [0.1, 0.15) is 35.7 Å². The van der Waals surface area contributed by atoms with Crippen LogP contribution in [0.5, 0.6) is 5.75 Å². The van der Waals surface area contributed by atoms with Crippen LogP contribution in [0.4, 0.5) is 0 Å². The van der Waals surface area contributed by atoms with Gasteiger partial charge in [0.2, 0.25) is 0 Å². The van der Waals surface area contributed by atoms with Crippen LogP contribution in [-0.4, -0.2) is 54.4 Å². The molecule has 0 N–H and O–H groups in total. The van der Waals surface area contributed by atoms with E-state index in [1.54, 1.807) is 34.1 Å². The van der Waals surface area contributed by atoms with E-state index < -0.39 is 0 Å². The summed E-state index contributed by atoms with van der Waals surface area (Å²) in [6.45, 7) is 4.35. The fraction of sp³-hybridized carbons (Fsp3) is 0.391. The Bertz CT molecular complexity index is 838. The number of hydrogen-bond donors (Lipinski definition) is 0. The number of carbonyl (C=O) groups is 2. The molecule has 0 bridgehead atoms. The molecule has 0 unspecified atom stereocenters. The summed E-state index contributed by atoms with van der Waals surface area (Å²) in [6, 6.07) is 14.9. The van der Waals surface area contributed by atoms with Crippen molar-refractivity contribution in [1.82, 2.24) is 9.80 Å². The average molecular weight is 415 g/mol. The predicted molar refractivity (Wildman–Crippen MR) is 114 cm³/mol. The molecule has 154 valence electrons. The second kappa shape index (κ2) is 10.3. The highest BCUT2D eigenvalue weighted by Crippen LogP contribution is 2.18. The number of aryl methyl sites for hydroxylation is 1. The van der Waals surface area contributed by atoms with Gasteiger partial charge in [-0.2, -0.15) is 0 Å². The quantitative estimate of drug-likeness (QED) is 0.716. The second-order valence-electron chi connectivity index (χ2n) is 7.19. The maximum atomic E-state index is 12.7. The number of nitrogens with zero attached hydrogens (tertiary/aromatic N) is 2. The molecular weight excluding hydrogens is 388 g/mol. The monoisotopic (exact) mass is 414 g/mol. The summed E-state index contributed by atoms with van der Waals surface area (Å²) in [4.78, 5) is 28.9. The SMILES string of the molecule is CCCc1ccc(OCC(=O)N2CCCN(C(=O)c3ccccc3Cl)CC2)cc1. The number of benzene rings is 2. The van der Waals surface area contributed by atoms with E-state index in [0.717, 1.165) is 19.3 Å². The number of carbonyl (C=O) groups excluding carboxylic acids is 2. The Kier molecular flexibility index (Phi) is 7.53. The van der Waals surface area contributed by atoms with Gasteiger partial charge in [-0.15, -0.1) is 0 Å². The summed E-state index contributed by atoms with van der Waals surface area (Å²) in [5.41, 5.74) is 1.77. The highest BCUT2D eigenvalue weighted by Gasteiger charge is 2.24. The largest absolute Gasteiger partial charge is 0.484 e. The van der Waals surface area contributed by atoms with Crippen LogP contribution in [0.3, 0.4) is 0 Å². The first-order valence-corrected chi connectivity index (χ1v) is 10.5. The summed E-state index contributed by atoms with van der Waals surface area (Å²) >= 11 is 6.16. The van der Waals surface area contributed by atoms with Gasteiger partial charge in [0.05, 0.1) is 10.6 Å². The Morgan fingerprint density at radius 3 is 2.38 bits per heavy atom. The van der Waals surface area contributed by atoms with Crippen LogP contribution >= 0.6 is 11.6 Å². The van der Waals surface area contributed by atoms with E-state index >= 15 is 0 Å². The minimum Gasteiger partial charge on any atom is -0.484 e.